The van der Waals surface area contributed by atoms with E-state index in [2.05, 4.69) is 25.6 Å². The third kappa shape index (κ3) is 3.28. The number of oxazole rings is 1. The number of hydrogen-bond donors (Lipinski definition) is 3. The molecule has 1 aromatic carbocycles. The summed E-state index contributed by atoms with van der Waals surface area (Å²) in [5.41, 5.74) is 7.06. The zero-order chi connectivity index (χ0) is 20.7. The van der Waals surface area contributed by atoms with Gasteiger partial charge in [0.2, 0.25) is 17.7 Å². The standard InChI is InChI=1S/C21H19FN6O2/c22-15-10-25-21(26-14-3-1-2-13(9-14)20-24-6-7-30-20)28-19(15)27-17-12-5-4-11(8-12)16(17)18(23)29/h1-7,9-12,16-17H,8H2,(H2,23,29)(H2,25,26,27,28)/t11-,12+,16-,17+/m0/s1. The molecule has 2 aliphatic carbocycles. The molecule has 1 fully saturated rings. The van der Waals surface area contributed by atoms with Crippen LogP contribution >= 0.6 is 0 Å². The van der Waals surface area contributed by atoms with Crippen molar-refractivity contribution >= 4 is 23.4 Å². The molecule has 1 amide bonds. The van der Waals surface area contributed by atoms with Crippen molar-refractivity contribution in [1.29, 1.82) is 0 Å². The molecule has 0 radical (unpaired) electrons. The number of nitrogens with two attached hydrogens (primary N) is 1. The summed E-state index contributed by atoms with van der Waals surface area (Å²) in [7, 11) is 0. The summed E-state index contributed by atoms with van der Waals surface area (Å²) in [6.07, 6.45) is 9.06. The average Bonchev–Trinajstić information content (AvgIpc) is 3.48. The Hall–Kier alpha value is -3.75. The molecule has 2 aromatic heterocycles. The summed E-state index contributed by atoms with van der Waals surface area (Å²) in [6, 6.07) is 7.07. The van der Waals surface area contributed by atoms with Crippen molar-refractivity contribution in [1.82, 2.24) is 15.0 Å². The number of anilines is 3. The highest BCUT2D eigenvalue weighted by molar-refractivity contribution is 5.79. The number of benzene rings is 1. The Kier molecular flexibility index (Phi) is 4.42. The number of carbonyl (C=O) groups is 1. The molecular formula is C21H19FN6O2. The van der Waals surface area contributed by atoms with Gasteiger partial charge in [0.25, 0.3) is 0 Å². The predicted molar refractivity (Wildman–Crippen MR) is 108 cm³/mol. The second-order valence-electron chi connectivity index (χ2n) is 7.48. The number of nitrogens with zero attached hydrogens (tertiary/aromatic N) is 3. The Morgan fingerprint density at radius 1 is 1.23 bits per heavy atom. The predicted octanol–water partition coefficient (Wildman–Crippen LogP) is 3.10. The number of aromatic nitrogens is 3. The van der Waals surface area contributed by atoms with Crippen LogP contribution in [-0.2, 0) is 4.79 Å². The molecule has 0 unspecified atom stereocenters. The first-order valence-electron chi connectivity index (χ1n) is 9.62. The minimum atomic E-state index is -0.593. The van der Waals surface area contributed by atoms with Crippen LogP contribution in [0.15, 0.2) is 59.5 Å². The van der Waals surface area contributed by atoms with Gasteiger partial charge >= 0.3 is 0 Å². The van der Waals surface area contributed by atoms with Gasteiger partial charge in [0.15, 0.2) is 11.6 Å². The lowest BCUT2D eigenvalue weighted by Gasteiger charge is -2.27. The fourth-order valence-electron chi connectivity index (χ4n) is 4.32. The molecule has 0 saturated heterocycles. The van der Waals surface area contributed by atoms with E-state index in [1.165, 1.54) is 6.26 Å². The summed E-state index contributed by atoms with van der Waals surface area (Å²) in [5, 5.41) is 6.15. The van der Waals surface area contributed by atoms with E-state index in [-0.39, 0.29) is 41.5 Å². The van der Waals surface area contributed by atoms with E-state index in [1.54, 1.807) is 6.20 Å². The Morgan fingerprint density at radius 2 is 2.10 bits per heavy atom. The topological polar surface area (TPSA) is 119 Å². The number of carbonyl (C=O) groups excluding carboxylic acids is 1. The first-order valence-corrected chi connectivity index (χ1v) is 9.62. The van der Waals surface area contributed by atoms with E-state index in [1.807, 2.05) is 36.4 Å². The monoisotopic (exact) mass is 406 g/mol. The van der Waals surface area contributed by atoms with Crippen molar-refractivity contribution in [2.75, 3.05) is 10.6 Å². The molecule has 2 aliphatic rings. The number of fused-ring (bicyclic) bond motifs is 2. The van der Waals surface area contributed by atoms with E-state index < -0.39 is 5.82 Å². The second-order valence-corrected chi connectivity index (χ2v) is 7.48. The SMILES string of the molecule is NC(=O)[C@@H]1[C@H](Nc2nc(Nc3cccc(-c4ncco4)c3)ncc2F)[C@@H]2C=C[C@H]1C2. The van der Waals surface area contributed by atoms with Crippen molar-refractivity contribution in [2.24, 2.45) is 23.5 Å². The number of halogens is 1. The van der Waals surface area contributed by atoms with Crippen LogP contribution in [0.4, 0.5) is 21.8 Å². The summed E-state index contributed by atoms with van der Waals surface area (Å²) in [5.74, 6) is -0.414. The van der Waals surface area contributed by atoms with E-state index in [4.69, 9.17) is 10.2 Å². The van der Waals surface area contributed by atoms with Gasteiger partial charge in [-0.3, -0.25) is 4.79 Å². The lowest BCUT2D eigenvalue weighted by molar-refractivity contribution is -0.122. The van der Waals surface area contributed by atoms with Gasteiger partial charge in [0.05, 0.1) is 18.3 Å². The van der Waals surface area contributed by atoms with Gasteiger partial charge < -0.3 is 20.8 Å². The Labute approximate surface area is 171 Å². The van der Waals surface area contributed by atoms with Crippen LogP contribution in [0, 0.1) is 23.6 Å². The van der Waals surface area contributed by atoms with E-state index in [0.717, 1.165) is 18.2 Å². The van der Waals surface area contributed by atoms with Gasteiger partial charge in [-0.05, 0) is 36.5 Å². The highest BCUT2D eigenvalue weighted by Crippen LogP contribution is 2.44. The molecule has 2 heterocycles. The fraction of sp³-hybridized carbons (Fsp3) is 0.238. The Balaban J connectivity index is 1.37. The molecule has 9 heteroatoms. The maximum absolute atomic E-state index is 14.4. The number of allylic oxidation sites excluding steroid dienone is 1. The number of nitrogens with one attached hydrogen (secondary N) is 2. The third-order valence-corrected chi connectivity index (χ3v) is 5.63. The van der Waals surface area contributed by atoms with Crippen LogP contribution in [0.25, 0.3) is 11.5 Å². The molecule has 4 N–H and O–H groups in total. The second kappa shape index (κ2) is 7.25. The molecule has 1 saturated carbocycles. The van der Waals surface area contributed by atoms with Crippen molar-refractivity contribution in [3.05, 3.63) is 60.9 Å². The lowest BCUT2D eigenvalue weighted by Crippen LogP contribution is -2.41. The van der Waals surface area contributed by atoms with Gasteiger partial charge in [-0.25, -0.2) is 14.4 Å². The van der Waals surface area contributed by atoms with E-state index in [9.17, 15) is 9.18 Å². The van der Waals surface area contributed by atoms with Gasteiger partial charge in [0.1, 0.15) is 6.26 Å². The molecule has 2 bridgehead atoms. The molecule has 152 valence electrons. The van der Waals surface area contributed by atoms with Crippen LogP contribution in [0.3, 0.4) is 0 Å². The van der Waals surface area contributed by atoms with Crippen LogP contribution < -0.4 is 16.4 Å². The highest BCUT2D eigenvalue weighted by atomic mass is 19.1. The quantitative estimate of drug-likeness (QED) is 0.538. The molecule has 8 nitrogen and oxygen atoms in total. The molecule has 3 aromatic rings. The van der Waals surface area contributed by atoms with Crippen molar-refractivity contribution in [3.63, 3.8) is 0 Å². The maximum Gasteiger partial charge on any atom is 0.229 e. The smallest absolute Gasteiger partial charge is 0.229 e. The summed E-state index contributed by atoms with van der Waals surface area (Å²) >= 11 is 0. The van der Waals surface area contributed by atoms with Crippen LogP contribution in [0.2, 0.25) is 0 Å². The van der Waals surface area contributed by atoms with Crippen LogP contribution in [0.1, 0.15) is 6.42 Å². The maximum atomic E-state index is 14.4. The molecule has 4 atom stereocenters. The van der Waals surface area contributed by atoms with Gasteiger partial charge in [-0.15, -0.1) is 0 Å². The Bertz CT molecular complexity index is 1120. The number of amides is 1. The zero-order valence-corrected chi connectivity index (χ0v) is 15.8. The fourth-order valence-corrected chi connectivity index (χ4v) is 4.32. The van der Waals surface area contributed by atoms with E-state index >= 15 is 0 Å². The van der Waals surface area contributed by atoms with Gasteiger partial charge in [0, 0.05) is 17.3 Å². The third-order valence-electron chi connectivity index (χ3n) is 5.63. The van der Waals surface area contributed by atoms with Crippen molar-refractivity contribution < 1.29 is 13.6 Å². The normalized spacial score (nSPS) is 24.2. The first kappa shape index (κ1) is 18.3. The summed E-state index contributed by atoms with van der Waals surface area (Å²) in [6.45, 7) is 0. The molecular weight excluding hydrogens is 387 g/mol. The van der Waals surface area contributed by atoms with Gasteiger partial charge in [-0.1, -0.05) is 18.2 Å². The summed E-state index contributed by atoms with van der Waals surface area (Å²) in [4.78, 5) is 24.3. The average molecular weight is 406 g/mol. The van der Waals surface area contributed by atoms with E-state index in [0.29, 0.717) is 11.6 Å². The van der Waals surface area contributed by atoms with Gasteiger partial charge in [-0.2, -0.15) is 4.98 Å². The molecule has 0 aliphatic heterocycles. The number of rotatable bonds is 6. The largest absolute Gasteiger partial charge is 0.445 e. The molecule has 0 spiro atoms. The zero-order valence-electron chi connectivity index (χ0n) is 15.8. The Morgan fingerprint density at radius 3 is 2.90 bits per heavy atom. The highest BCUT2D eigenvalue weighted by Gasteiger charge is 2.47. The first-order chi connectivity index (χ1) is 14.6. The summed E-state index contributed by atoms with van der Waals surface area (Å²) < 4.78 is 19.7. The molecule has 5 rings (SSSR count). The minimum absolute atomic E-state index is 0.0357. The number of hydrogen-bond acceptors (Lipinski definition) is 7. The van der Waals surface area contributed by atoms with Crippen LogP contribution in [-0.4, -0.2) is 26.9 Å². The van der Waals surface area contributed by atoms with Crippen molar-refractivity contribution in [3.8, 4) is 11.5 Å². The van der Waals surface area contributed by atoms with Crippen LogP contribution in [0.5, 0.6) is 0 Å². The lowest BCUT2D eigenvalue weighted by atomic mass is 9.88. The minimum Gasteiger partial charge on any atom is -0.445 e. The van der Waals surface area contributed by atoms with Crippen molar-refractivity contribution in [2.45, 2.75) is 12.5 Å². The molecule has 30 heavy (non-hydrogen) atoms. The number of primary amides is 1.